The lowest BCUT2D eigenvalue weighted by molar-refractivity contribution is 0.0935. The van der Waals surface area contributed by atoms with Crippen molar-refractivity contribution in [2.75, 3.05) is 6.54 Å². The summed E-state index contributed by atoms with van der Waals surface area (Å²) in [5.41, 5.74) is 3.25. The smallest absolute Gasteiger partial charge is 0.410 e. The first-order valence-electron chi connectivity index (χ1n) is 11.4. The highest BCUT2D eigenvalue weighted by molar-refractivity contribution is 7.98. The lowest BCUT2D eigenvalue weighted by Gasteiger charge is -2.20. The number of fused-ring (bicyclic) bond motifs is 1. The molecule has 2 atom stereocenters. The van der Waals surface area contributed by atoms with Crippen LogP contribution in [0.2, 0.25) is 5.02 Å². The van der Waals surface area contributed by atoms with Crippen LogP contribution in [0.3, 0.4) is 0 Å². The Bertz CT molecular complexity index is 1280. The number of hydrogen-bond donors (Lipinski definition) is 0. The standard InChI is InChI=1S/C27H26ClN3O2S/c1-19-12-22(16-30(19)27(32)33-17-20-8-4-2-5-9-20)31-26-14-23(13-25(28)24(26)15-29-31)34-18-21-10-6-3-7-11-21/h2-11,13-15,19,22H,12,16-18H2,1H3/t19-,22-/m1/s1. The van der Waals surface area contributed by atoms with Crippen molar-refractivity contribution < 1.29 is 9.53 Å². The second-order valence-corrected chi connectivity index (χ2v) is 10.1. The molecule has 0 spiro atoms. The number of benzene rings is 3. The van der Waals surface area contributed by atoms with Gasteiger partial charge in [-0.25, -0.2) is 4.79 Å². The van der Waals surface area contributed by atoms with Crippen molar-refractivity contribution in [1.29, 1.82) is 0 Å². The van der Waals surface area contributed by atoms with Crippen LogP contribution in [-0.2, 0) is 17.1 Å². The molecule has 4 aromatic rings. The number of aromatic nitrogens is 2. The first kappa shape index (κ1) is 22.8. The summed E-state index contributed by atoms with van der Waals surface area (Å²) in [5, 5.41) is 6.30. The van der Waals surface area contributed by atoms with Crippen LogP contribution in [0, 0.1) is 0 Å². The van der Waals surface area contributed by atoms with Crippen molar-refractivity contribution in [2.24, 2.45) is 0 Å². The number of carbonyl (C=O) groups excluding carboxylic acids is 1. The molecule has 1 aliphatic heterocycles. The number of rotatable bonds is 6. The molecule has 1 amide bonds. The molecule has 0 radical (unpaired) electrons. The summed E-state index contributed by atoms with van der Waals surface area (Å²) in [4.78, 5) is 15.7. The first-order valence-corrected chi connectivity index (χ1v) is 12.8. The zero-order chi connectivity index (χ0) is 23.5. The minimum Gasteiger partial charge on any atom is -0.445 e. The number of ether oxygens (including phenoxy) is 1. The molecule has 0 saturated carbocycles. The fraction of sp³-hybridized carbons (Fsp3) is 0.259. The van der Waals surface area contributed by atoms with Crippen LogP contribution < -0.4 is 0 Å². The number of nitrogens with zero attached hydrogens (tertiary/aromatic N) is 3. The van der Waals surface area contributed by atoms with Gasteiger partial charge in [0.25, 0.3) is 0 Å². The lowest BCUT2D eigenvalue weighted by Crippen LogP contribution is -2.34. The van der Waals surface area contributed by atoms with Crippen molar-refractivity contribution in [1.82, 2.24) is 14.7 Å². The Morgan fingerprint density at radius 3 is 2.53 bits per heavy atom. The molecule has 174 valence electrons. The topological polar surface area (TPSA) is 47.4 Å². The Hall–Kier alpha value is -2.96. The van der Waals surface area contributed by atoms with Crippen LogP contribution in [0.1, 0.15) is 30.5 Å². The van der Waals surface area contributed by atoms with E-state index in [1.54, 1.807) is 16.7 Å². The SMILES string of the molecule is C[C@@H]1C[C@@H](n2ncc3c(Cl)cc(SCc4ccccc4)cc32)CN1C(=O)OCc1ccccc1. The maximum absolute atomic E-state index is 12.8. The van der Waals surface area contributed by atoms with E-state index in [-0.39, 0.29) is 24.8 Å². The van der Waals surface area contributed by atoms with Crippen molar-refractivity contribution in [2.45, 2.75) is 42.7 Å². The Morgan fingerprint density at radius 1 is 1.09 bits per heavy atom. The van der Waals surface area contributed by atoms with E-state index in [2.05, 4.69) is 42.4 Å². The van der Waals surface area contributed by atoms with E-state index in [0.717, 1.165) is 33.5 Å². The van der Waals surface area contributed by atoms with E-state index in [4.69, 9.17) is 16.3 Å². The van der Waals surface area contributed by atoms with Gasteiger partial charge in [0.2, 0.25) is 0 Å². The van der Waals surface area contributed by atoms with Crippen molar-refractivity contribution in [3.8, 4) is 0 Å². The van der Waals surface area contributed by atoms with E-state index < -0.39 is 0 Å². The molecule has 2 heterocycles. The van der Waals surface area contributed by atoms with Gasteiger partial charge in [-0.1, -0.05) is 72.3 Å². The van der Waals surface area contributed by atoms with Crippen LogP contribution in [-0.4, -0.2) is 33.4 Å². The molecular formula is C27H26ClN3O2S. The maximum Gasteiger partial charge on any atom is 0.410 e. The molecule has 5 nitrogen and oxygen atoms in total. The second kappa shape index (κ2) is 10.1. The zero-order valence-electron chi connectivity index (χ0n) is 18.9. The largest absolute Gasteiger partial charge is 0.445 e. The minimum absolute atomic E-state index is 0.0682. The normalized spacial score (nSPS) is 17.9. The van der Waals surface area contributed by atoms with Crippen molar-refractivity contribution in [3.05, 3.63) is 95.1 Å². The molecule has 1 aromatic heterocycles. The molecule has 0 unspecified atom stereocenters. The van der Waals surface area contributed by atoms with Gasteiger partial charge < -0.3 is 9.64 Å². The number of hydrogen-bond acceptors (Lipinski definition) is 4. The van der Waals surface area contributed by atoms with Gasteiger partial charge in [0.15, 0.2) is 0 Å². The third-order valence-electron chi connectivity index (χ3n) is 6.23. The highest BCUT2D eigenvalue weighted by atomic mass is 35.5. The summed E-state index contributed by atoms with van der Waals surface area (Å²) >= 11 is 8.38. The highest BCUT2D eigenvalue weighted by Gasteiger charge is 2.35. The fourth-order valence-electron chi connectivity index (χ4n) is 4.43. The Kier molecular flexibility index (Phi) is 6.79. The van der Waals surface area contributed by atoms with Gasteiger partial charge in [-0.05, 0) is 36.6 Å². The van der Waals surface area contributed by atoms with Gasteiger partial charge in [0, 0.05) is 28.6 Å². The average Bonchev–Trinajstić information content (AvgIpc) is 3.46. The molecular weight excluding hydrogens is 466 g/mol. The monoisotopic (exact) mass is 491 g/mol. The first-order chi connectivity index (χ1) is 16.6. The van der Waals surface area contributed by atoms with Gasteiger partial charge in [-0.15, -0.1) is 11.8 Å². The third-order valence-corrected chi connectivity index (χ3v) is 7.59. The van der Waals surface area contributed by atoms with Gasteiger partial charge >= 0.3 is 6.09 Å². The molecule has 0 bridgehead atoms. The molecule has 34 heavy (non-hydrogen) atoms. The van der Waals surface area contributed by atoms with E-state index in [0.29, 0.717) is 11.6 Å². The number of likely N-dealkylation sites (tertiary alicyclic amines) is 1. The summed E-state index contributed by atoms with van der Waals surface area (Å²) in [6.07, 6.45) is 2.35. The number of amides is 1. The van der Waals surface area contributed by atoms with Crippen LogP contribution in [0.5, 0.6) is 0 Å². The molecule has 0 aliphatic carbocycles. The van der Waals surface area contributed by atoms with E-state index >= 15 is 0 Å². The number of carbonyl (C=O) groups is 1. The fourth-order valence-corrected chi connectivity index (χ4v) is 5.68. The molecule has 1 saturated heterocycles. The van der Waals surface area contributed by atoms with Crippen molar-refractivity contribution >= 4 is 40.4 Å². The zero-order valence-corrected chi connectivity index (χ0v) is 20.5. The molecule has 5 rings (SSSR count). The maximum atomic E-state index is 12.8. The van der Waals surface area contributed by atoms with Gasteiger partial charge in [0.1, 0.15) is 6.61 Å². The van der Waals surface area contributed by atoms with E-state index in [9.17, 15) is 4.79 Å². The third kappa shape index (κ3) is 4.93. The van der Waals surface area contributed by atoms with E-state index in [1.165, 1.54) is 5.56 Å². The number of thioether (sulfide) groups is 1. The molecule has 7 heteroatoms. The van der Waals surface area contributed by atoms with E-state index in [1.807, 2.05) is 53.3 Å². The van der Waals surface area contributed by atoms with Crippen LogP contribution >= 0.6 is 23.4 Å². The summed E-state index contributed by atoms with van der Waals surface area (Å²) in [6, 6.07) is 24.4. The average molecular weight is 492 g/mol. The summed E-state index contributed by atoms with van der Waals surface area (Å²) < 4.78 is 7.60. The molecule has 0 N–H and O–H groups in total. The van der Waals surface area contributed by atoms with Gasteiger partial charge in [-0.2, -0.15) is 5.10 Å². The Morgan fingerprint density at radius 2 is 1.79 bits per heavy atom. The predicted molar refractivity (Wildman–Crippen MR) is 137 cm³/mol. The van der Waals surface area contributed by atoms with Crippen LogP contribution in [0.4, 0.5) is 4.79 Å². The molecule has 3 aromatic carbocycles. The summed E-state index contributed by atoms with van der Waals surface area (Å²) in [5.74, 6) is 0.873. The lowest BCUT2D eigenvalue weighted by atomic mass is 10.2. The van der Waals surface area contributed by atoms with Gasteiger partial charge in [0.05, 0.1) is 22.8 Å². The minimum atomic E-state index is -0.285. The van der Waals surface area contributed by atoms with Crippen LogP contribution in [0.25, 0.3) is 10.9 Å². The predicted octanol–water partition coefficient (Wildman–Crippen LogP) is 6.95. The summed E-state index contributed by atoms with van der Waals surface area (Å²) in [6.45, 7) is 2.89. The van der Waals surface area contributed by atoms with Gasteiger partial charge in [-0.3, -0.25) is 4.68 Å². The Labute approximate surface area is 208 Å². The quantitative estimate of drug-likeness (QED) is 0.274. The molecule has 1 aliphatic rings. The summed E-state index contributed by atoms with van der Waals surface area (Å²) in [7, 11) is 0. The highest BCUT2D eigenvalue weighted by Crippen LogP contribution is 2.35. The number of halogens is 1. The molecule has 1 fully saturated rings. The van der Waals surface area contributed by atoms with Crippen LogP contribution in [0.15, 0.2) is 83.9 Å². The Balaban J connectivity index is 1.30. The second-order valence-electron chi connectivity index (χ2n) is 8.63. The van der Waals surface area contributed by atoms with Crippen molar-refractivity contribution in [3.63, 3.8) is 0 Å².